The maximum Gasteiger partial charge on any atom is 0.140 e. The van der Waals surface area contributed by atoms with Gasteiger partial charge in [-0.15, -0.1) is 0 Å². The summed E-state index contributed by atoms with van der Waals surface area (Å²) in [6.07, 6.45) is 0.714. The molecular formula is C15H26N2O4. The first-order chi connectivity index (χ1) is 10.3. The number of hydrogen-bond acceptors (Lipinski definition) is 6. The van der Waals surface area contributed by atoms with E-state index < -0.39 is 0 Å². The molecule has 0 aromatic carbocycles. The molecule has 0 saturated carbocycles. The Labute approximate surface area is 126 Å². The summed E-state index contributed by atoms with van der Waals surface area (Å²) in [4.78, 5) is 4.44. The van der Waals surface area contributed by atoms with E-state index in [1.165, 1.54) is 0 Å². The van der Waals surface area contributed by atoms with Crippen molar-refractivity contribution >= 4 is 0 Å². The van der Waals surface area contributed by atoms with Crippen molar-refractivity contribution in [1.29, 1.82) is 0 Å². The Morgan fingerprint density at radius 2 is 1.67 bits per heavy atom. The van der Waals surface area contributed by atoms with Crippen LogP contribution in [0.3, 0.4) is 0 Å². The standard InChI is InChI=1S/C15H26N2O4/c1-13-3-4-15(14(17-13)5-6-16)21-12-11-20-10-9-19-8-7-18-2/h3-4H,5-12,16H2,1-2H3. The van der Waals surface area contributed by atoms with Crippen molar-refractivity contribution in [1.82, 2.24) is 4.98 Å². The zero-order valence-corrected chi connectivity index (χ0v) is 13.0. The molecule has 2 N–H and O–H groups in total. The number of aryl methyl sites for hydroxylation is 1. The molecule has 21 heavy (non-hydrogen) atoms. The Morgan fingerprint density at radius 3 is 2.33 bits per heavy atom. The number of pyridine rings is 1. The highest BCUT2D eigenvalue weighted by atomic mass is 16.6. The van der Waals surface area contributed by atoms with Crippen LogP contribution >= 0.6 is 0 Å². The number of hydrogen-bond donors (Lipinski definition) is 1. The molecule has 1 aromatic rings. The first-order valence-corrected chi connectivity index (χ1v) is 7.21. The van der Waals surface area contributed by atoms with Gasteiger partial charge in [0.2, 0.25) is 0 Å². The summed E-state index contributed by atoms with van der Waals surface area (Å²) in [6.45, 7) is 5.83. The first kappa shape index (κ1) is 17.8. The predicted octanol–water partition coefficient (Wildman–Crippen LogP) is 0.950. The fourth-order valence-corrected chi connectivity index (χ4v) is 1.72. The molecule has 0 radical (unpaired) electrons. The molecule has 0 saturated heterocycles. The van der Waals surface area contributed by atoms with Gasteiger partial charge in [-0.1, -0.05) is 0 Å². The van der Waals surface area contributed by atoms with Crippen LogP contribution in [0.25, 0.3) is 0 Å². The molecule has 0 atom stereocenters. The molecule has 6 nitrogen and oxygen atoms in total. The molecule has 0 aliphatic heterocycles. The topological polar surface area (TPSA) is 75.8 Å². The summed E-state index contributed by atoms with van der Waals surface area (Å²) in [5.74, 6) is 0.783. The number of methoxy groups -OCH3 is 1. The van der Waals surface area contributed by atoms with Crippen LogP contribution in [-0.4, -0.2) is 58.3 Å². The molecule has 6 heteroatoms. The molecule has 1 aromatic heterocycles. The molecule has 0 amide bonds. The Hall–Kier alpha value is -1.21. The van der Waals surface area contributed by atoms with E-state index in [1.54, 1.807) is 7.11 Å². The second-order valence-corrected chi connectivity index (χ2v) is 4.50. The lowest BCUT2D eigenvalue weighted by molar-refractivity contribution is 0.0179. The van der Waals surface area contributed by atoms with Gasteiger partial charge in [0.25, 0.3) is 0 Å². The van der Waals surface area contributed by atoms with Crippen molar-refractivity contribution in [3.63, 3.8) is 0 Å². The highest BCUT2D eigenvalue weighted by Crippen LogP contribution is 2.17. The van der Waals surface area contributed by atoms with E-state index in [1.807, 2.05) is 19.1 Å². The minimum absolute atomic E-state index is 0.486. The summed E-state index contributed by atoms with van der Waals surface area (Å²) in [5, 5.41) is 0. The number of aromatic nitrogens is 1. The lowest BCUT2D eigenvalue weighted by Crippen LogP contribution is -2.13. The minimum atomic E-state index is 0.486. The third-order valence-electron chi connectivity index (χ3n) is 2.74. The molecule has 120 valence electrons. The van der Waals surface area contributed by atoms with Gasteiger partial charge in [0, 0.05) is 19.2 Å². The van der Waals surface area contributed by atoms with Crippen molar-refractivity contribution in [3.05, 3.63) is 23.5 Å². The molecule has 0 fully saturated rings. The zero-order chi connectivity index (χ0) is 15.3. The van der Waals surface area contributed by atoms with E-state index in [4.69, 9.17) is 24.7 Å². The average molecular weight is 298 g/mol. The van der Waals surface area contributed by atoms with E-state index in [0.29, 0.717) is 52.6 Å². The van der Waals surface area contributed by atoms with Crippen LogP contribution in [-0.2, 0) is 20.6 Å². The Bertz CT molecular complexity index is 388. The highest BCUT2D eigenvalue weighted by Gasteiger charge is 2.05. The van der Waals surface area contributed by atoms with Crippen LogP contribution in [0.1, 0.15) is 11.4 Å². The van der Waals surface area contributed by atoms with Gasteiger partial charge in [0.1, 0.15) is 12.4 Å². The van der Waals surface area contributed by atoms with Gasteiger partial charge < -0.3 is 24.7 Å². The first-order valence-electron chi connectivity index (χ1n) is 7.21. The van der Waals surface area contributed by atoms with Gasteiger partial charge >= 0.3 is 0 Å². The van der Waals surface area contributed by atoms with E-state index in [9.17, 15) is 0 Å². The lowest BCUT2D eigenvalue weighted by atomic mass is 10.2. The smallest absolute Gasteiger partial charge is 0.140 e. The summed E-state index contributed by atoms with van der Waals surface area (Å²) in [5.41, 5.74) is 7.45. The second-order valence-electron chi connectivity index (χ2n) is 4.50. The van der Waals surface area contributed by atoms with E-state index in [0.717, 1.165) is 17.1 Å². The van der Waals surface area contributed by atoms with Crippen LogP contribution < -0.4 is 10.5 Å². The van der Waals surface area contributed by atoms with Crippen molar-refractivity contribution in [2.45, 2.75) is 13.3 Å². The van der Waals surface area contributed by atoms with Crippen LogP contribution in [0.4, 0.5) is 0 Å². The third kappa shape index (κ3) is 7.96. The van der Waals surface area contributed by atoms with Gasteiger partial charge in [-0.25, -0.2) is 0 Å². The number of nitrogens with two attached hydrogens (primary N) is 1. The van der Waals surface area contributed by atoms with E-state index in [2.05, 4.69) is 4.98 Å². The summed E-state index contributed by atoms with van der Waals surface area (Å²) in [6, 6.07) is 3.86. The molecular weight excluding hydrogens is 272 g/mol. The minimum Gasteiger partial charge on any atom is -0.489 e. The fraction of sp³-hybridized carbons (Fsp3) is 0.667. The van der Waals surface area contributed by atoms with Gasteiger partial charge in [-0.2, -0.15) is 0 Å². The highest BCUT2D eigenvalue weighted by molar-refractivity contribution is 5.29. The monoisotopic (exact) mass is 298 g/mol. The van der Waals surface area contributed by atoms with Crippen LogP contribution in [0.5, 0.6) is 5.75 Å². The summed E-state index contributed by atoms with van der Waals surface area (Å²) in [7, 11) is 1.65. The molecule has 1 heterocycles. The van der Waals surface area contributed by atoms with Gasteiger partial charge in [0.05, 0.1) is 38.7 Å². The number of rotatable bonds is 12. The van der Waals surface area contributed by atoms with E-state index >= 15 is 0 Å². The molecule has 0 spiro atoms. The average Bonchev–Trinajstić information content (AvgIpc) is 2.48. The van der Waals surface area contributed by atoms with Crippen LogP contribution in [0, 0.1) is 6.92 Å². The van der Waals surface area contributed by atoms with Crippen molar-refractivity contribution in [3.8, 4) is 5.75 Å². The molecule has 0 aliphatic rings. The van der Waals surface area contributed by atoms with Crippen molar-refractivity contribution in [2.75, 3.05) is 53.3 Å². The second kappa shape index (κ2) is 11.4. The molecule has 0 bridgehead atoms. The van der Waals surface area contributed by atoms with E-state index in [-0.39, 0.29) is 0 Å². The van der Waals surface area contributed by atoms with Crippen LogP contribution in [0.2, 0.25) is 0 Å². The summed E-state index contributed by atoms with van der Waals surface area (Å²) >= 11 is 0. The van der Waals surface area contributed by atoms with Crippen LogP contribution in [0.15, 0.2) is 12.1 Å². The summed E-state index contributed by atoms with van der Waals surface area (Å²) < 4.78 is 21.3. The Balaban J connectivity index is 2.15. The Morgan fingerprint density at radius 1 is 1.00 bits per heavy atom. The van der Waals surface area contributed by atoms with Gasteiger partial charge in [-0.3, -0.25) is 4.98 Å². The van der Waals surface area contributed by atoms with Gasteiger partial charge in [0.15, 0.2) is 0 Å². The lowest BCUT2D eigenvalue weighted by Gasteiger charge is -2.11. The zero-order valence-electron chi connectivity index (χ0n) is 13.0. The van der Waals surface area contributed by atoms with Crippen molar-refractivity contribution in [2.24, 2.45) is 5.73 Å². The Kier molecular flexibility index (Phi) is 9.73. The quantitative estimate of drug-likeness (QED) is 0.579. The maximum absolute atomic E-state index is 5.69. The number of nitrogens with zero attached hydrogens (tertiary/aromatic N) is 1. The number of ether oxygens (including phenoxy) is 4. The maximum atomic E-state index is 5.69. The normalized spacial score (nSPS) is 10.8. The molecule has 0 unspecified atom stereocenters. The molecule has 0 aliphatic carbocycles. The molecule has 1 rings (SSSR count). The van der Waals surface area contributed by atoms with Gasteiger partial charge in [-0.05, 0) is 25.6 Å². The predicted molar refractivity (Wildman–Crippen MR) is 80.7 cm³/mol. The van der Waals surface area contributed by atoms with Crippen molar-refractivity contribution < 1.29 is 18.9 Å². The fourth-order valence-electron chi connectivity index (χ4n) is 1.72. The largest absolute Gasteiger partial charge is 0.489 e. The SMILES string of the molecule is COCCOCCOCCOc1ccc(C)nc1CCN. The third-order valence-corrected chi connectivity index (χ3v) is 2.74.